The third-order valence-electron chi connectivity index (χ3n) is 5.01. The van der Waals surface area contributed by atoms with Crippen molar-refractivity contribution in [3.63, 3.8) is 0 Å². The van der Waals surface area contributed by atoms with E-state index in [1.165, 1.54) is 44.5 Å². The van der Waals surface area contributed by atoms with E-state index in [-0.39, 0.29) is 8.46 Å². The molecule has 0 radical (unpaired) electrons. The van der Waals surface area contributed by atoms with Gasteiger partial charge in [-0.1, -0.05) is 47.5 Å². The minimum atomic E-state index is 0.0562. The summed E-state index contributed by atoms with van der Waals surface area (Å²) in [5.41, 5.74) is 12.2. The second-order valence-corrected chi connectivity index (χ2v) is 8.00. The van der Waals surface area contributed by atoms with Crippen LogP contribution in [0.2, 0.25) is 0 Å². The van der Waals surface area contributed by atoms with Gasteiger partial charge in [0.25, 0.3) is 0 Å². The zero-order valence-electron chi connectivity index (χ0n) is 16.4. The minimum absolute atomic E-state index is 0.0562. The first-order valence-electron chi connectivity index (χ1n) is 8.96. The average molecular weight is 360 g/mol. The molecule has 0 unspecified atom stereocenters. The van der Waals surface area contributed by atoms with Crippen LogP contribution in [-0.4, -0.2) is 0 Å². The number of benzene rings is 3. The first-order valence-corrected chi connectivity index (χ1v) is 9.77. The quantitative estimate of drug-likeness (QED) is 0.470. The lowest BCUT2D eigenvalue weighted by Gasteiger charge is -2.20. The highest BCUT2D eigenvalue weighted by atomic mass is 31.1. The summed E-state index contributed by atoms with van der Waals surface area (Å²) in [5.74, 6) is 0. The zero-order valence-corrected chi connectivity index (χ0v) is 17.3. The Labute approximate surface area is 158 Å². The van der Waals surface area contributed by atoms with Crippen molar-refractivity contribution in [2.24, 2.45) is 0 Å². The lowest BCUT2D eigenvalue weighted by atomic mass is 9.85. The fourth-order valence-electron chi connectivity index (χ4n) is 4.27. The molecule has 0 fully saturated rings. The van der Waals surface area contributed by atoms with Gasteiger partial charge in [0, 0.05) is 5.56 Å². The largest absolute Gasteiger partial charge is 0.269 e. The molecule has 0 bridgehead atoms. The molecule has 0 atom stereocenters. The van der Waals surface area contributed by atoms with E-state index < -0.39 is 0 Å². The van der Waals surface area contributed by atoms with Gasteiger partial charge in [0.05, 0.1) is 5.30 Å². The summed E-state index contributed by atoms with van der Waals surface area (Å²) in [6.07, 6.45) is 0. The van der Waals surface area contributed by atoms with E-state index in [4.69, 9.17) is 0 Å². The Morgan fingerprint density at radius 2 is 1.08 bits per heavy atom. The van der Waals surface area contributed by atoms with E-state index >= 15 is 0 Å². The Morgan fingerprint density at radius 1 is 0.615 bits per heavy atom. The molecule has 0 spiro atoms. The monoisotopic (exact) mass is 360 g/mol. The van der Waals surface area contributed by atoms with E-state index in [9.17, 15) is 4.57 Å². The molecule has 3 rings (SSSR count). The molecule has 0 aliphatic heterocycles. The molecule has 0 N–H and O–H groups in total. The molecule has 3 aromatic rings. The molecular formula is C24H25OP. The highest BCUT2D eigenvalue weighted by Crippen LogP contribution is 2.39. The molecule has 0 aliphatic rings. The van der Waals surface area contributed by atoms with Crippen LogP contribution < -0.4 is 5.30 Å². The van der Waals surface area contributed by atoms with Crippen LogP contribution in [-0.2, 0) is 4.57 Å². The Bertz CT molecular complexity index is 969. The van der Waals surface area contributed by atoms with Crippen LogP contribution in [0.25, 0.3) is 22.3 Å². The second-order valence-electron chi connectivity index (χ2n) is 7.34. The van der Waals surface area contributed by atoms with Gasteiger partial charge >= 0.3 is 0 Å². The molecule has 0 saturated heterocycles. The van der Waals surface area contributed by atoms with Gasteiger partial charge in [0.15, 0.2) is 8.46 Å². The maximum Gasteiger partial charge on any atom is 0.192 e. The lowest BCUT2D eigenvalue weighted by molar-refractivity contribution is 0.603. The molecule has 0 saturated carbocycles. The molecule has 0 heterocycles. The Balaban J connectivity index is 2.44. The van der Waals surface area contributed by atoms with E-state index in [2.05, 4.69) is 71.9 Å². The second kappa shape index (κ2) is 7.17. The number of hydrogen-bond donors (Lipinski definition) is 0. The first-order chi connectivity index (χ1) is 12.3. The van der Waals surface area contributed by atoms with Crippen molar-refractivity contribution in [3.8, 4) is 22.3 Å². The normalized spacial score (nSPS) is 11.2. The van der Waals surface area contributed by atoms with Crippen molar-refractivity contribution in [2.75, 3.05) is 0 Å². The first kappa shape index (κ1) is 18.5. The molecule has 0 aliphatic carbocycles. The van der Waals surface area contributed by atoms with Crippen LogP contribution in [0, 0.1) is 41.5 Å². The number of hydrogen-bond acceptors (Lipinski definition) is 1. The smallest absolute Gasteiger partial charge is 0.192 e. The van der Waals surface area contributed by atoms with Gasteiger partial charge < -0.3 is 0 Å². The van der Waals surface area contributed by atoms with Gasteiger partial charge in [-0.25, -0.2) is 0 Å². The SMILES string of the molecule is Cc1cc(C)c(-c2cccc(P=O)c2-c2c(C)cc(C)cc2C)c(C)c1. The Morgan fingerprint density at radius 3 is 1.54 bits per heavy atom. The zero-order chi connectivity index (χ0) is 19.0. The van der Waals surface area contributed by atoms with Crippen molar-refractivity contribution in [3.05, 3.63) is 75.8 Å². The van der Waals surface area contributed by atoms with Crippen molar-refractivity contribution in [2.45, 2.75) is 41.5 Å². The van der Waals surface area contributed by atoms with Gasteiger partial charge in [-0.3, -0.25) is 4.57 Å². The predicted molar refractivity (Wildman–Crippen MR) is 113 cm³/mol. The maximum absolute atomic E-state index is 12.0. The summed E-state index contributed by atoms with van der Waals surface area (Å²) in [4.78, 5) is 0. The number of rotatable bonds is 3. The van der Waals surface area contributed by atoms with Crippen LogP contribution in [0.3, 0.4) is 0 Å². The maximum atomic E-state index is 12.0. The van der Waals surface area contributed by atoms with Gasteiger partial charge in [0.1, 0.15) is 0 Å². The summed E-state index contributed by atoms with van der Waals surface area (Å²) < 4.78 is 12.0. The summed E-state index contributed by atoms with van der Waals surface area (Å²) >= 11 is 0. The van der Waals surface area contributed by atoms with E-state index in [0.717, 1.165) is 16.4 Å². The highest BCUT2D eigenvalue weighted by molar-refractivity contribution is 7.34. The molecule has 2 heteroatoms. The van der Waals surface area contributed by atoms with Crippen LogP contribution >= 0.6 is 8.46 Å². The van der Waals surface area contributed by atoms with E-state index in [0.29, 0.717) is 0 Å². The Kier molecular flexibility index (Phi) is 5.12. The third-order valence-corrected chi connectivity index (χ3v) is 5.58. The van der Waals surface area contributed by atoms with Crippen LogP contribution in [0.15, 0.2) is 42.5 Å². The topological polar surface area (TPSA) is 17.1 Å². The molecule has 132 valence electrons. The van der Waals surface area contributed by atoms with Crippen LogP contribution in [0.5, 0.6) is 0 Å². The van der Waals surface area contributed by atoms with Crippen molar-refractivity contribution in [1.29, 1.82) is 0 Å². The van der Waals surface area contributed by atoms with Gasteiger partial charge in [0.2, 0.25) is 0 Å². The van der Waals surface area contributed by atoms with Crippen molar-refractivity contribution >= 4 is 13.8 Å². The highest BCUT2D eigenvalue weighted by Gasteiger charge is 2.19. The number of aryl methyl sites for hydroxylation is 6. The summed E-state index contributed by atoms with van der Waals surface area (Å²) in [7, 11) is 0.0562. The summed E-state index contributed by atoms with van der Waals surface area (Å²) in [6.45, 7) is 12.9. The van der Waals surface area contributed by atoms with Crippen molar-refractivity contribution < 1.29 is 4.57 Å². The van der Waals surface area contributed by atoms with Gasteiger partial charge in [-0.05, 0) is 86.6 Å². The molecule has 0 amide bonds. The molecule has 26 heavy (non-hydrogen) atoms. The molecular weight excluding hydrogens is 335 g/mol. The van der Waals surface area contributed by atoms with Crippen LogP contribution in [0.4, 0.5) is 0 Å². The fraction of sp³-hybridized carbons (Fsp3) is 0.250. The van der Waals surface area contributed by atoms with Gasteiger partial charge in [-0.15, -0.1) is 0 Å². The average Bonchev–Trinajstić information content (AvgIpc) is 2.54. The summed E-state index contributed by atoms with van der Waals surface area (Å²) in [5, 5.41) is 0.844. The standard InChI is InChI=1S/C24H25OP/c1-14-10-16(3)22(17(4)11-14)20-8-7-9-21(26-25)24(20)23-18(5)12-15(2)13-19(23)6/h7-13H,1-6H3. The lowest BCUT2D eigenvalue weighted by Crippen LogP contribution is -2.05. The fourth-order valence-corrected chi connectivity index (χ4v) is 4.74. The van der Waals surface area contributed by atoms with Crippen LogP contribution in [0.1, 0.15) is 33.4 Å². The molecule has 1 nitrogen and oxygen atoms in total. The third kappa shape index (κ3) is 3.24. The molecule has 3 aromatic carbocycles. The predicted octanol–water partition coefficient (Wildman–Crippen LogP) is 6.79. The van der Waals surface area contributed by atoms with Crippen molar-refractivity contribution in [1.82, 2.24) is 0 Å². The Hall–Kier alpha value is -2.24. The van der Waals surface area contributed by atoms with E-state index in [1.807, 2.05) is 12.1 Å². The van der Waals surface area contributed by atoms with Gasteiger partial charge in [-0.2, -0.15) is 0 Å². The van der Waals surface area contributed by atoms with E-state index in [1.54, 1.807) is 0 Å². The minimum Gasteiger partial charge on any atom is -0.269 e. The summed E-state index contributed by atoms with van der Waals surface area (Å²) in [6, 6.07) is 15.0. The molecule has 0 aromatic heterocycles.